The van der Waals surface area contributed by atoms with Gasteiger partial charge in [0, 0.05) is 6.92 Å². The second-order valence-electron chi connectivity index (χ2n) is 6.22. The molecule has 0 saturated carbocycles. The molecule has 0 radical (unpaired) electrons. The van der Waals surface area contributed by atoms with Gasteiger partial charge in [0.25, 0.3) is 5.91 Å². The van der Waals surface area contributed by atoms with E-state index >= 15 is 0 Å². The number of nitrogens with zero attached hydrogens (tertiary/aromatic N) is 2. The van der Waals surface area contributed by atoms with Gasteiger partial charge in [0.15, 0.2) is 11.5 Å². The van der Waals surface area contributed by atoms with Crippen LogP contribution in [-0.2, 0) is 9.59 Å². The lowest BCUT2D eigenvalue weighted by Crippen LogP contribution is -2.21. The van der Waals surface area contributed by atoms with E-state index in [1.54, 1.807) is 31.2 Å². The van der Waals surface area contributed by atoms with E-state index in [-0.39, 0.29) is 17.2 Å². The van der Waals surface area contributed by atoms with Gasteiger partial charge in [0.1, 0.15) is 0 Å². The number of anilines is 1. The maximum Gasteiger partial charge on any atom is 0.335 e. The molecule has 29 heavy (non-hydrogen) atoms. The minimum absolute atomic E-state index is 0.122. The van der Waals surface area contributed by atoms with Gasteiger partial charge in [-0.15, -0.1) is 0 Å². The maximum absolute atomic E-state index is 12.8. The third-order valence-electron chi connectivity index (χ3n) is 4.17. The number of ether oxygens (including phenoxy) is 2. The van der Waals surface area contributed by atoms with Crippen LogP contribution in [0.15, 0.2) is 53.1 Å². The summed E-state index contributed by atoms with van der Waals surface area (Å²) in [7, 11) is 1.45. The molecule has 2 aromatic rings. The van der Waals surface area contributed by atoms with Crippen molar-refractivity contribution in [2.75, 3.05) is 12.1 Å². The van der Waals surface area contributed by atoms with E-state index in [9.17, 15) is 14.4 Å². The number of esters is 1. The van der Waals surface area contributed by atoms with Gasteiger partial charge in [-0.1, -0.05) is 6.07 Å². The molecular weight excluding hydrogens is 376 g/mol. The number of benzene rings is 2. The van der Waals surface area contributed by atoms with Crippen molar-refractivity contribution in [1.29, 1.82) is 0 Å². The van der Waals surface area contributed by atoms with E-state index in [0.29, 0.717) is 28.3 Å². The number of hydrazone groups is 1. The number of carboxylic acid groups (broad SMARTS) is 1. The Balaban J connectivity index is 1.89. The number of carbonyl (C=O) groups is 3. The summed E-state index contributed by atoms with van der Waals surface area (Å²) >= 11 is 0. The molecule has 148 valence electrons. The Labute approximate surface area is 166 Å². The summed E-state index contributed by atoms with van der Waals surface area (Å²) in [6, 6.07) is 10.8. The lowest BCUT2D eigenvalue weighted by atomic mass is 10.1. The van der Waals surface area contributed by atoms with E-state index < -0.39 is 11.9 Å². The van der Waals surface area contributed by atoms with Crippen LogP contribution in [0.1, 0.15) is 29.8 Å². The zero-order valence-electron chi connectivity index (χ0n) is 16.0. The highest BCUT2D eigenvalue weighted by molar-refractivity contribution is 6.32. The van der Waals surface area contributed by atoms with Gasteiger partial charge in [-0.05, 0) is 55.0 Å². The van der Waals surface area contributed by atoms with Gasteiger partial charge < -0.3 is 14.6 Å². The smallest absolute Gasteiger partial charge is 0.335 e. The van der Waals surface area contributed by atoms with E-state index in [1.165, 1.54) is 43.3 Å². The Morgan fingerprint density at radius 2 is 1.79 bits per heavy atom. The fraction of sp³-hybridized carbons (Fsp3) is 0.143. The predicted octanol–water partition coefficient (Wildman–Crippen LogP) is 3.12. The molecule has 0 atom stereocenters. The van der Waals surface area contributed by atoms with Crippen molar-refractivity contribution in [2.45, 2.75) is 13.8 Å². The van der Waals surface area contributed by atoms with Gasteiger partial charge in [0.2, 0.25) is 0 Å². The number of hydrogen-bond donors (Lipinski definition) is 1. The van der Waals surface area contributed by atoms with Gasteiger partial charge in [-0.2, -0.15) is 10.1 Å². The first-order chi connectivity index (χ1) is 13.8. The Hall–Kier alpha value is -3.94. The highest BCUT2D eigenvalue weighted by atomic mass is 16.6. The van der Waals surface area contributed by atoms with Gasteiger partial charge in [0.05, 0.1) is 29.6 Å². The Kier molecular flexibility index (Phi) is 5.45. The quantitative estimate of drug-likeness (QED) is 0.475. The number of amides is 1. The number of aromatic carboxylic acids is 1. The van der Waals surface area contributed by atoms with Gasteiger partial charge >= 0.3 is 11.9 Å². The van der Waals surface area contributed by atoms with Crippen LogP contribution < -0.4 is 14.5 Å². The Morgan fingerprint density at radius 1 is 1.10 bits per heavy atom. The van der Waals surface area contributed by atoms with E-state index in [0.717, 1.165) is 0 Å². The van der Waals surface area contributed by atoms with Crippen LogP contribution in [-0.4, -0.2) is 35.8 Å². The van der Waals surface area contributed by atoms with Crippen LogP contribution in [0.5, 0.6) is 11.5 Å². The van der Waals surface area contributed by atoms with Crippen LogP contribution in [0, 0.1) is 0 Å². The standard InChI is InChI=1S/C21H18N2O6/c1-12-17(10-14-4-9-18(29-13(2)24)19(11-14)28-3)20(25)23(22-12)16-7-5-15(6-8-16)21(26)27/h4-11H,1-3H3,(H,26,27)/b17-10+. The van der Waals surface area contributed by atoms with Crippen LogP contribution in [0.4, 0.5) is 5.69 Å². The maximum atomic E-state index is 12.8. The normalized spacial score (nSPS) is 14.7. The lowest BCUT2D eigenvalue weighted by molar-refractivity contribution is -0.132. The molecule has 1 aliphatic rings. The van der Waals surface area contributed by atoms with E-state index in [2.05, 4.69) is 5.10 Å². The molecule has 8 nitrogen and oxygen atoms in total. The van der Waals surface area contributed by atoms with Crippen LogP contribution in [0.3, 0.4) is 0 Å². The minimum Gasteiger partial charge on any atom is -0.493 e. The number of hydrogen-bond acceptors (Lipinski definition) is 6. The summed E-state index contributed by atoms with van der Waals surface area (Å²) in [6.45, 7) is 3.00. The molecule has 0 unspecified atom stereocenters. The van der Waals surface area contributed by atoms with E-state index in [4.69, 9.17) is 14.6 Å². The molecule has 1 aliphatic heterocycles. The molecule has 0 aromatic heterocycles. The lowest BCUT2D eigenvalue weighted by Gasteiger charge is -2.12. The summed E-state index contributed by atoms with van der Waals surface area (Å²) in [4.78, 5) is 35.0. The fourth-order valence-corrected chi connectivity index (χ4v) is 2.78. The molecule has 8 heteroatoms. The van der Waals surface area contributed by atoms with Crippen LogP contribution >= 0.6 is 0 Å². The number of rotatable bonds is 5. The van der Waals surface area contributed by atoms with Crippen LogP contribution in [0.2, 0.25) is 0 Å². The Morgan fingerprint density at radius 3 is 2.38 bits per heavy atom. The summed E-state index contributed by atoms with van der Waals surface area (Å²) in [5, 5.41) is 14.5. The topological polar surface area (TPSA) is 106 Å². The van der Waals surface area contributed by atoms with Crippen molar-refractivity contribution in [3.63, 3.8) is 0 Å². The molecule has 0 saturated heterocycles. The zero-order valence-corrected chi connectivity index (χ0v) is 16.0. The first-order valence-electron chi connectivity index (χ1n) is 8.61. The Bertz CT molecular complexity index is 1050. The number of carboxylic acids is 1. The second kappa shape index (κ2) is 7.97. The third kappa shape index (κ3) is 4.16. The summed E-state index contributed by atoms with van der Waals surface area (Å²) < 4.78 is 10.3. The molecule has 1 heterocycles. The van der Waals surface area contributed by atoms with Crippen molar-refractivity contribution in [2.24, 2.45) is 5.10 Å². The molecule has 1 N–H and O–H groups in total. The summed E-state index contributed by atoms with van der Waals surface area (Å²) in [6.07, 6.45) is 1.66. The highest BCUT2D eigenvalue weighted by Gasteiger charge is 2.28. The first-order valence-corrected chi connectivity index (χ1v) is 8.61. The molecule has 0 spiro atoms. The molecule has 3 rings (SSSR count). The summed E-state index contributed by atoms with van der Waals surface area (Å²) in [5.74, 6) is -1.21. The SMILES string of the molecule is COc1cc(/C=C2/C(=O)N(c3ccc(C(=O)O)cc3)N=C2C)ccc1OC(C)=O. The first kappa shape index (κ1) is 19.8. The largest absolute Gasteiger partial charge is 0.493 e. The predicted molar refractivity (Wildman–Crippen MR) is 106 cm³/mol. The van der Waals surface area contributed by atoms with Gasteiger partial charge in [-0.3, -0.25) is 9.59 Å². The molecule has 0 bridgehead atoms. The van der Waals surface area contributed by atoms with Gasteiger partial charge in [-0.25, -0.2) is 4.79 Å². The average Bonchev–Trinajstić information content (AvgIpc) is 2.97. The van der Waals surface area contributed by atoms with Crippen molar-refractivity contribution < 1.29 is 29.0 Å². The fourth-order valence-electron chi connectivity index (χ4n) is 2.78. The number of methoxy groups -OCH3 is 1. The monoisotopic (exact) mass is 394 g/mol. The molecule has 1 amide bonds. The van der Waals surface area contributed by atoms with Crippen molar-refractivity contribution in [3.05, 3.63) is 59.2 Å². The van der Waals surface area contributed by atoms with Crippen molar-refractivity contribution in [1.82, 2.24) is 0 Å². The van der Waals surface area contributed by atoms with Crippen molar-refractivity contribution >= 4 is 35.3 Å². The molecule has 0 fully saturated rings. The second-order valence-corrected chi connectivity index (χ2v) is 6.22. The molecule has 0 aliphatic carbocycles. The van der Waals surface area contributed by atoms with Crippen LogP contribution in [0.25, 0.3) is 6.08 Å². The van der Waals surface area contributed by atoms with E-state index in [1.807, 2.05) is 0 Å². The number of carbonyl (C=O) groups excluding carboxylic acids is 2. The third-order valence-corrected chi connectivity index (χ3v) is 4.17. The zero-order chi connectivity index (χ0) is 21.1. The average molecular weight is 394 g/mol. The molecular formula is C21H18N2O6. The minimum atomic E-state index is -1.05. The molecule has 2 aromatic carbocycles. The summed E-state index contributed by atoms with van der Waals surface area (Å²) in [5.41, 5.74) is 2.15. The van der Waals surface area contributed by atoms with Crippen molar-refractivity contribution in [3.8, 4) is 11.5 Å². The highest BCUT2D eigenvalue weighted by Crippen LogP contribution is 2.30.